The summed E-state index contributed by atoms with van der Waals surface area (Å²) in [5.74, 6) is -0.0914. The van der Waals surface area contributed by atoms with Gasteiger partial charge in [-0.05, 0) is 89.1 Å². The second-order valence-corrected chi connectivity index (χ2v) is 10.7. The molecule has 0 amide bonds. The molecule has 0 aromatic heterocycles. The first-order chi connectivity index (χ1) is 17.5. The quantitative estimate of drug-likeness (QED) is 0.345. The molecule has 2 unspecified atom stereocenters. The first kappa shape index (κ1) is 23.3. The van der Waals surface area contributed by atoms with E-state index in [1.807, 2.05) is 36.4 Å². The van der Waals surface area contributed by atoms with Crippen molar-refractivity contribution in [1.29, 1.82) is 0 Å². The molecule has 0 radical (unpaired) electrons. The molecule has 3 aliphatic rings. The number of halogens is 3. The van der Waals surface area contributed by atoms with Crippen molar-refractivity contribution in [2.24, 2.45) is 10.9 Å². The minimum atomic E-state index is -0.254. The van der Waals surface area contributed by atoms with E-state index in [2.05, 4.69) is 23.3 Å². The Morgan fingerprint density at radius 2 is 1.58 bits per heavy atom. The van der Waals surface area contributed by atoms with E-state index >= 15 is 0 Å². The SMILES string of the molecule is CC1CC2=C(N=C3SC=C(c4ccc(Cl)cc4)N3C2c2ccc(F)cc2)/C(=C/c2ccc(F)cc2)C1. The Hall–Kier alpha value is -3.15. The van der Waals surface area contributed by atoms with Gasteiger partial charge in [0.2, 0.25) is 0 Å². The third-order valence-corrected chi connectivity index (χ3v) is 7.91. The molecule has 0 bridgehead atoms. The maximum Gasteiger partial charge on any atom is 0.174 e. The average Bonchev–Trinajstić information content (AvgIpc) is 3.29. The second kappa shape index (κ2) is 9.38. The van der Waals surface area contributed by atoms with Crippen molar-refractivity contribution in [3.8, 4) is 0 Å². The van der Waals surface area contributed by atoms with Crippen molar-refractivity contribution < 1.29 is 8.78 Å². The Bertz CT molecular complexity index is 1440. The van der Waals surface area contributed by atoms with Crippen molar-refractivity contribution >= 4 is 40.3 Å². The summed E-state index contributed by atoms with van der Waals surface area (Å²) in [5, 5.41) is 3.71. The first-order valence-corrected chi connectivity index (χ1v) is 13.2. The number of thioether (sulfide) groups is 1. The molecule has 3 aromatic carbocycles. The summed E-state index contributed by atoms with van der Waals surface area (Å²) in [4.78, 5) is 7.44. The number of benzene rings is 3. The highest BCUT2D eigenvalue weighted by Gasteiger charge is 2.41. The number of amidine groups is 1. The van der Waals surface area contributed by atoms with Crippen molar-refractivity contribution in [2.45, 2.75) is 25.8 Å². The normalized spacial score (nSPS) is 22.3. The molecule has 1 aliphatic carbocycles. The van der Waals surface area contributed by atoms with Gasteiger partial charge >= 0.3 is 0 Å². The molecule has 2 heterocycles. The van der Waals surface area contributed by atoms with Crippen LogP contribution in [-0.2, 0) is 0 Å². The van der Waals surface area contributed by atoms with E-state index in [0.29, 0.717) is 10.9 Å². The molecule has 0 fully saturated rings. The minimum absolute atomic E-state index is 0.107. The van der Waals surface area contributed by atoms with E-state index in [4.69, 9.17) is 16.6 Å². The lowest BCUT2D eigenvalue weighted by atomic mass is 9.78. The van der Waals surface area contributed by atoms with Crippen LogP contribution in [0.2, 0.25) is 5.02 Å². The molecule has 180 valence electrons. The Morgan fingerprint density at radius 3 is 2.28 bits per heavy atom. The van der Waals surface area contributed by atoms with Crippen LogP contribution in [0.5, 0.6) is 0 Å². The van der Waals surface area contributed by atoms with Gasteiger partial charge in [0, 0.05) is 10.4 Å². The zero-order valence-electron chi connectivity index (χ0n) is 19.6. The Morgan fingerprint density at radius 1 is 0.917 bits per heavy atom. The molecular weight excluding hydrogens is 494 g/mol. The number of hydrogen-bond donors (Lipinski definition) is 0. The smallest absolute Gasteiger partial charge is 0.174 e. The fraction of sp³-hybridized carbons (Fsp3) is 0.167. The van der Waals surface area contributed by atoms with Crippen molar-refractivity contribution in [3.05, 3.63) is 128 Å². The number of aliphatic imine (C=N–C) groups is 1. The number of rotatable bonds is 3. The van der Waals surface area contributed by atoms with Gasteiger partial charge in [-0.1, -0.05) is 66.7 Å². The molecule has 36 heavy (non-hydrogen) atoms. The lowest BCUT2D eigenvalue weighted by Gasteiger charge is -2.41. The van der Waals surface area contributed by atoms with Gasteiger partial charge < -0.3 is 4.90 Å². The number of fused-ring (bicyclic) bond motifs is 1. The van der Waals surface area contributed by atoms with Crippen LogP contribution in [0.15, 0.2) is 100 Å². The van der Waals surface area contributed by atoms with E-state index in [1.165, 1.54) is 29.8 Å². The van der Waals surface area contributed by atoms with Crippen LogP contribution in [0.4, 0.5) is 8.78 Å². The van der Waals surface area contributed by atoms with Crippen LogP contribution in [0.1, 0.15) is 42.5 Å². The zero-order valence-corrected chi connectivity index (χ0v) is 21.2. The van der Waals surface area contributed by atoms with Crippen LogP contribution in [0, 0.1) is 17.6 Å². The van der Waals surface area contributed by atoms with Gasteiger partial charge in [-0.15, -0.1) is 0 Å². The van der Waals surface area contributed by atoms with Crippen LogP contribution in [0.3, 0.4) is 0 Å². The standard InChI is InChI=1S/C30H23ClF2N2S/c1-18-14-22(16-19-2-10-24(32)11-3-19)28-26(15-18)29(21-6-12-25(33)13-7-21)35-27(17-36-30(35)34-28)20-4-8-23(31)9-5-20/h2-13,16-18,29H,14-15H2,1H3/b22-16+. The topological polar surface area (TPSA) is 15.6 Å². The summed E-state index contributed by atoms with van der Waals surface area (Å²) in [6.45, 7) is 2.25. The Labute approximate surface area is 218 Å². The van der Waals surface area contributed by atoms with E-state index in [0.717, 1.165) is 51.7 Å². The van der Waals surface area contributed by atoms with E-state index < -0.39 is 0 Å². The van der Waals surface area contributed by atoms with Crippen molar-refractivity contribution in [3.63, 3.8) is 0 Å². The van der Waals surface area contributed by atoms with Gasteiger partial charge in [0.25, 0.3) is 0 Å². The summed E-state index contributed by atoms with van der Waals surface area (Å²) in [7, 11) is 0. The number of hydrogen-bond acceptors (Lipinski definition) is 3. The Kier molecular flexibility index (Phi) is 6.06. The lowest BCUT2D eigenvalue weighted by Crippen LogP contribution is -2.35. The third-order valence-electron chi connectivity index (χ3n) is 6.82. The fourth-order valence-electron chi connectivity index (χ4n) is 5.22. The molecule has 0 saturated heterocycles. The molecule has 3 aromatic rings. The molecule has 2 aliphatic heterocycles. The Balaban J connectivity index is 1.50. The van der Waals surface area contributed by atoms with Gasteiger partial charge in [-0.25, -0.2) is 13.8 Å². The van der Waals surface area contributed by atoms with Gasteiger partial charge in [0.1, 0.15) is 11.6 Å². The van der Waals surface area contributed by atoms with E-state index in [-0.39, 0.29) is 17.7 Å². The largest absolute Gasteiger partial charge is 0.308 e. The third kappa shape index (κ3) is 4.31. The molecule has 6 heteroatoms. The summed E-state index contributed by atoms with van der Waals surface area (Å²) in [6.07, 6.45) is 3.91. The van der Waals surface area contributed by atoms with E-state index in [1.54, 1.807) is 23.9 Å². The molecular formula is C30H23ClF2N2S. The van der Waals surface area contributed by atoms with Crippen LogP contribution >= 0.6 is 23.4 Å². The summed E-state index contributed by atoms with van der Waals surface area (Å²) in [5.41, 5.74) is 7.45. The predicted molar refractivity (Wildman–Crippen MR) is 145 cm³/mol. The zero-order chi connectivity index (χ0) is 24.8. The predicted octanol–water partition coefficient (Wildman–Crippen LogP) is 8.84. The first-order valence-electron chi connectivity index (χ1n) is 11.9. The van der Waals surface area contributed by atoms with Crippen molar-refractivity contribution in [1.82, 2.24) is 4.90 Å². The molecule has 0 saturated carbocycles. The fourth-order valence-corrected chi connectivity index (χ4v) is 6.28. The monoisotopic (exact) mass is 516 g/mol. The highest BCUT2D eigenvalue weighted by Crippen LogP contribution is 2.52. The summed E-state index contributed by atoms with van der Waals surface area (Å²) >= 11 is 7.76. The molecule has 0 N–H and O–H groups in total. The second-order valence-electron chi connectivity index (χ2n) is 9.45. The van der Waals surface area contributed by atoms with Gasteiger partial charge in [-0.2, -0.15) is 0 Å². The average molecular weight is 517 g/mol. The van der Waals surface area contributed by atoms with Crippen LogP contribution < -0.4 is 0 Å². The maximum atomic E-state index is 13.9. The molecule has 2 atom stereocenters. The van der Waals surface area contributed by atoms with Gasteiger partial charge in [0.15, 0.2) is 5.17 Å². The van der Waals surface area contributed by atoms with Gasteiger partial charge in [-0.3, -0.25) is 0 Å². The summed E-state index contributed by atoms with van der Waals surface area (Å²) in [6, 6.07) is 21.1. The van der Waals surface area contributed by atoms with Crippen molar-refractivity contribution in [2.75, 3.05) is 0 Å². The molecule has 6 rings (SSSR count). The minimum Gasteiger partial charge on any atom is -0.308 e. The number of allylic oxidation sites excluding steroid dienone is 1. The molecule has 2 nitrogen and oxygen atoms in total. The summed E-state index contributed by atoms with van der Waals surface area (Å²) < 4.78 is 27.4. The van der Waals surface area contributed by atoms with Gasteiger partial charge in [0.05, 0.1) is 17.4 Å². The van der Waals surface area contributed by atoms with E-state index in [9.17, 15) is 8.78 Å². The van der Waals surface area contributed by atoms with Crippen LogP contribution in [-0.4, -0.2) is 10.1 Å². The highest BCUT2D eigenvalue weighted by molar-refractivity contribution is 8.16. The van der Waals surface area contributed by atoms with Crippen LogP contribution in [0.25, 0.3) is 11.8 Å². The maximum absolute atomic E-state index is 13.9. The number of nitrogens with zero attached hydrogens (tertiary/aromatic N) is 2. The lowest BCUT2D eigenvalue weighted by molar-refractivity contribution is 0.425. The molecule has 0 spiro atoms. The highest BCUT2D eigenvalue weighted by atomic mass is 35.5.